The first kappa shape index (κ1) is 55.1. The second-order valence-corrected chi connectivity index (χ2v) is 53.6. The molecule has 0 aliphatic rings. The van der Waals surface area contributed by atoms with E-state index in [0.717, 1.165) is 0 Å². The Morgan fingerprint density at radius 1 is 0.217 bits per heavy atom. The normalized spacial score (nSPS) is 15.3. The molecule has 276 valence electrons. The van der Waals surface area contributed by atoms with Gasteiger partial charge in [-0.05, 0) is 0 Å². The minimum Gasteiger partial charge on any atom is -0.666 e. The molecule has 3 nitrogen and oxygen atoms in total. The van der Waals surface area contributed by atoms with Crippen LogP contribution in [0.5, 0.6) is 0 Å². The van der Waals surface area contributed by atoms with Crippen LogP contribution in [0.1, 0.15) is 125 Å². The van der Waals surface area contributed by atoms with Gasteiger partial charge in [-0.1, -0.05) is 283 Å². The third-order valence-corrected chi connectivity index (χ3v) is 48.1. The Morgan fingerprint density at radius 2 is 0.283 bits per heavy atom. The van der Waals surface area contributed by atoms with Crippen LogP contribution in [0.3, 0.4) is 0 Å². The molecule has 46 heavy (non-hydrogen) atoms. The minimum atomic E-state index is -1.46. The third kappa shape index (κ3) is 17.3. The van der Waals surface area contributed by atoms with Gasteiger partial charge < -0.3 is 13.9 Å². The van der Waals surface area contributed by atoms with Crippen LogP contribution in [0.15, 0.2) is 0 Å². The van der Waals surface area contributed by atoms with Gasteiger partial charge in [-0.25, -0.2) is 0 Å². The molecule has 0 aromatic heterocycles. The Hall–Kier alpha value is 2.38. The van der Waals surface area contributed by atoms with Gasteiger partial charge in [0, 0.05) is 0 Å². The molecule has 0 amide bonds. The smallest absolute Gasteiger partial charge is 0.666 e. The fourth-order valence-electron chi connectivity index (χ4n) is 3.10. The van der Waals surface area contributed by atoms with E-state index in [1.165, 1.54) is 0 Å². The molecule has 0 aromatic rings. The average Bonchev–Trinajstić information content (AvgIpc) is 2.61. The van der Waals surface area contributed by atoms with Crippen molar-refractivity contribution >= 4 is 49.4 Å². The number of hydrogen-bond donors (Lipinski definition) is 0. The van der Waals surface area contributed by atoms with Gasteiger partial charge in [0.2, 0.25) is 0 Å². The number of rotatable bonds is 6. The van der Waals surface area contributed by atoms with Gasteiger partial charge in [0.1, 0.15) is 0 Å². The van der Waals surface area contributed by atoms with Crippen LogP contribution >= 0.6 is 0 Å². The largest absolute Gasteiger partial charge is 3.00 e. The van der Waals surface area contributed by atoms with Crippen LogP contribution in [0.25, 0.3) is 13.9 Å². The SMILES string of the molecule is CC(C)(C)[Si](C)(C)[N-][Si](C)(C)C(C)(C)C.CC(C)(C)[Si](C)(C)[N-][Si](C)(C)C(C)(C)C.CC(C)(C)[Si](C)(C)[N-][Si](C)(C)C(C)(C)C.[La+3]. The van der Waals surface area contributed by atoms with Crippen LogP contribution < -0.4 is 0 Å². The second-order valence-electron chi connectivity index (χ2n) is 23.2. The molecule has 0 fully saturated rings. The molecule has 0 spiro atoms. The van der Waals surface area contributed by atoms with Gasteiger partial charge in [0.25, 0.3) is 0 Å². The summed E-state index contributed by atoms with van der Waals surface area (Å²) in [6, 6.07) is 0. The molecular weight excluding hydrogens is 782 g/mol. The first-order valence-corrected chi connectivity index (χ1v) is 35.5. The molecule has 10 heteroatoms. The maximum Gasteiger partial charge on any atom is 3.00 e. The second kappa shape index (κ2) is 17.0. The molecule has 0 radical (unpaired) electrons. The maximum atomic E-state index is 5.36. The predicted octanol–water partition coefficient (Wildman–Crippen LogP) is 16.1. The molecule has 0 atom stereocenters. The van der Waals surface area contributed by atoms with Crippen molar-refractivity contribution in [3.05, 3.63) is 13.9 Å². The Bertz CT molecular complexity index is 710. The quantitative estimate of drug-likeness (QED) is 0.239. The first-order chi connectivity index (χ1) is 18.6. The van der Waals surface area contributed by atoms with Crippen molar-refractivity contribution in [1.82, 2.24) is 0 Å². The van der Waals surface area contributed by atoms with Crippen molar-refractivity contribution < 1.29 is 35.6 Å². The van der Waals surface area contributed by atoms with E-state index in [1.54, 1.807) is 0 Å². The molecule has 0 aliphatic heterocycles. The summed E-state index contributed by atoms with van der Waals surface area (Å²) in [6.07, 6.45) is 0. The molecule has 0 N–H and O–H groups in total. The van der Waals surface area contributed by atoms with Gasteiger partial charge in [0.05, 0.1) is 0 Å². The molecular formula is C36H90LaN3Si6. The standard InChI is InChI=1S/3C12H30NSi2.La/c3*1-11(2,3)14(7,8)13-15(9,10)12(4,5)6;/h3*1-10H3;/q3*-1;+3. The summed E-state index contributed by atoms with van der Waals surface area (Å²) < 4.78 is 16.1. The van der Waals surface area contributed by atoms with Crippen LogP contribution in [-0.4, -0.2) is 49.4 Å². The number of nitrogens with zero attached hydrogens (tertiary/aromatic N) is 3. The van der Waals surface area contributed by atoms with Gasteiger partial charge >= 0.3 is 35.6 Å². The summed E-state index contributed by atoms with van der Waals surface area (Å²) in [5.74, 6) is 0. The monoisotopic (exact) mass is 871 g/mol. The van der Waals surface area contributed by atoms with Gasteiger partial charge in [0.15, 0.2) is 0 Å². The van der Waals surface area contributed by atoms with Crippen LogP contribution in [0, 0.1) is 35.6 Å². The Kier molecular flexibility index (Phi) is 20.4. The summed E-state index contributed by atoms with van der Waals surface area (Å²) in [5.41, 5.74) is 0. The van der Waals surface area contributed by atoms with Gasteiger partial charge in [-0.2, -0.15) is 0 Å². The van der Waals surface area contributed by atoms with Crippen molar-refractivity contribution in [3.63, 3.8) is 0 Å². The molecule has 0 saturated heterocycles. The molecule has 0 saturated carbocycles. The van der Waals surface area contributed by atoms with E-state index in [-0.39, 0.29) is 35.6 Å². The van der Waals surface area contributed by atoms with Gasteiger partial charge in [-0.3, -0.25) is 0 Å². The molecule has 0 aromatic carbocycles. The van der Waals surface area contributed by atoms with Crippen LogP contribution in [-0.2, 0) is 0 Å². The Labute approximate surface area is 329 Å². The van der Waals surface area contributed by atoms with Crippen molar-refractivity contribution in [2.24, 2.45) is 0 Å². The number of hydrogen-bond acceptors (Lipinski definition) is 0. The van der Waals surface area contributed by atoms with E-state index in [1.807, 2.05) is 0 Å². The van der Waals surface area contributed by atoms with Crippen LogP contribution in [0.4, 0.5) is 0 Å². The minimum absolute atomic E-state index is 0. The van der Waals surface area contributed by atoms with Crippen molar-refractivity contribution in [1.29, 1.82) is 0 Å². The zero-order valence-electron chi connectivity index (χ0n) is 37.9. The van der Waals surface area contributed by atoms with Crippen molar-refractivity contribution in [2.75, 3.05) is 0 Å². The molecule has 0 rings (SSSR count). The third-order valence-electron chi connectivity index (χ3n) is 12.7. The molecule has 0 heterocycles. The van der Waals surface area contributed by atoms with E-state index < -0.39 is 49.4 Å². The molecule has 0 aliphatic carbocycles. The van der Waals surface area contributed by atoms with Crippen molar-refractivity contribution in [2.45, 2.75) is 233 Å². The molecule has 0 unspecified atom stereocenters. The fraction of sp³-hybridized carbons (Fsp3) is 1.00. The maximum absolute atomic E-state index is 5.36. The summed E-state index contributed by atoms with van der Waals surface area (Å²) in [7, 11) is -8.78. The topological polar surface area (TPSA) is 42.3 Å². The average molecular weight is 873 g/mol. The van der Waals surface area contributed by atoms with Crippen LogP contribution in [0.2, 0.25) is 109 Å². The molecule has 0 bridgehead atoms. The van der Waals surface area contributed by atoms with Crippen molar-refractivity contribution in [3.8, 4) is 0 Å². The summed E-state index contributed by atoms with van der Waals surface area (Å²) in [4.78, 5) is 0. The zero-order valence-corrected chi connectivity index (χ0v) is 47.5. The summed E-state index contributed by atoms with van der Waals surface area (Å²) in [6.45, 7) is 71.1. The van der Waals surface area contributed by atoms with E-state index in [9.17, 15) is 0 Å². The van der Waals surface area contributed by atoms with Gasteiger partial charge in [-0.15, -0.1) is 0 Å². The van der Waals surface area contributed by atoms with E-state index in [4.69, 9.17) is 13.9 Å². The van der Waals surface area contributed by atoms with E-state index in [0.29, 0.717) is 30.2 Å². The Morgan fingerprint density at radius 3 is 0.326 bits per heavy atom. The fourth-order valence-corrected chi connectivity index (χ4v) is 27.9. The summed E-state index contributed by atoms with van der Waals surface area (Å²) >= 11 is 0. The predicted molar refractivity (Wildman–Crippen MR) is 233 cm³/mol. The first-order valence-electron chi connectivity index (χ1n) is 17.8. The zero-order chi connectivity index (χ0) is 38.1. The Balaban J connectivity index is -0.000000285. The summed E-state index contributed by atoms with van der Waals surface area (Å²) in [5, 5.41) is 2.26. The van der Waals surface area contributed by atoms with E-state index in [2.05, 4.69) is 203 Å². The van der Waals surface area contributed by atoms with E-state index >= 15 is 0 Å².